The Balaban J connectivity index is 2.53. The minimum atomic E-state index is -0.665. The van der Waals surface area contributed by atoms with Crippen molar-refractivity contribution in [3.63, 3.8) is 0 Å². The number of benzene rings is 1. The maximum Gasteiger partial charge on any atom is 0.0889 e. The smallest absolute Gasteiger partial charge is 0.0889 e. The number of nitrogens with zero attached hydrogens (tertiary/aromatic N) is 1. The zero-order chi connectivity index (χ0) is 10.2. The number of hydrogen-bond donors (Lipinski definition) is 1. The van der Waals surface area contributed by atoms with Gasteiger partial charge in [-0.3, -0.25) is 0 Å². The van der Waals surface area contributed by atoms with Gasteiger partial charge in [0.05, 0.1) is 5.60 Å². The molecule has 2 rings (SSSR count). The van der Waals surface area contributed by atoms with Crippen molar-refractivity contribution < 1.29 is 5.11 Å². The Morgan fingerprint density at radius 3 is 2.86 bits per heavy atom. The van der Waals surface area contributed by atoms with Crippen LogP contribution in [0.25, 0.3) is 0 Å². The van der Waals surface area contributed by atoms with Gasteiger partial charge in [-0.2, -0.15) is 0 Å². The van der Waals surface area contributed by atoms with Gasteiger partial charge < -0.3 is 10.0 Å². The number of anilines is 1. The highest BCUT2D eigenvalue weighted by Crippen LogP contribution is 2.36. The zero-order valence-electron chi connectivity index (χ0n) is 8.83. The molecule has 1 unspecified atom stereocenters. The van der Waals surface area contributed by atoms with Gasteiger partial charge in [-0.15, -0.1) is 0 Å². The number of fused-ring (bicyclic) bond motifs is 1. The third-order valence-corrected chi connectivity index (χ3v) is 3.05. The molecular formula is C12H17NO. The molecule has 0 aliphatic carbocycles. The molecule has 1 N–H and O–H groups in total. The van der Waals surface area contributed by atoms with Gasteiger partial charge in [-0.25, -0.2) is 0 Å². The lowest BCUT2D eigenvalue weighted by Crippen LogP contribution is -2.21. The molecule has 2 nitrogen and oxygen atoms in total. The quantitative estimate of drug-likeness (QED) is 0.679. The zero-order valence-corrected chi connectivity index (χ0v) is 8.83. The van der Waals surface area contributed by atoms with E-state index in [1.54, 1.807) is 0 Å². The van der Waals surface area contributed by atoms with Gasteiger partial charge in [0.25, 0.3) is 0 Å². The molecule has 76 valence electrons. The first-order chi connectivity index (χ1) is 6.61. The van der Waals surface area contributed by atoms with Gasteiger partial charge >= 0.3 is 0 Å². The summed E-state index contributed by atoms with van der Waals surface area (Å²) in [6, 6.07) is 8.12. The molecule has 1 aliphatic heterocycles. The Bertz CT molecular complexity index is 333. The van der Waals surface area contributed by atoms with Crippen molar-refractivity contribution in [1.82, 2.24) is 0 Å². The summed E-state index contributed by atoms with van der Waals surface area (Å²) < 4.78 is 0. The van der Waals surface area contributed by atoms with Crippen molar-refractivity contribution >= 4 is 5.69 Å². The van der Waals surface area contributed by atoms with Gasteiger partial charge in [0.15, 0.2) is 0 Å². The second kappa shape index (κ2) is 3.28. The Labute approximate surface area is 85.2 Å². The molecule has 1 heterocycles. The van der Waals surface area contributed by atoms with Gasteiger partial charge in [0, 0.05) is 24.8 Å². The van der Waals surface area contributed by atoms with E-state index < -0.39 is 5.60 Å². The van der Waals surface area contributed by atoms with E-state index in [0.29, 0.717) is 0 Å². The topological polar surface area (TPSA) is 23.5 Å². The minimum Gasteiger partial charge on any atom is -0.385 e. The first-order valence-electron chi connectivity index (χ1n) is 5.14. The molecular weight excluding hydrogens is 174 g/mol. The van der Waals surface area contributed by atoms with Gasteiger partial charge in [0.2, 0.25) is 0 Å². The second-order valence-electron chi connectivity index (χ2n) is 4.32. The van der Waals surface area contributed by atoms with Crippen LogP contribution >= 0.6 is 0 Å². The van der Waals surface area contributed by atoms with Crippen LogP contribution in [0.1, 0.15) is 25.3 Å². The lowest BCUT2D eigenvalue weighted by Gasteiger charge is -2.25. The van der Waals surface area contributed by atoms with Crippen molar-refractivity contribution in [3.8, 4) is 0 Å². The molecule has 1 atom stereocenters. The average Bonchev–Trinajstić information content (AvgIpc) is 2.27. The van der Waals surface area contributed by atoms with Crippen LogP contribution in [0, 0.1) is 0 Å². The largest absolute Gasteiger partial charge is 0.385 e. The van der Waals surface area contributed by atoms with Crippen molar-refractivity contribution in [2.75, 3.05) is 18.5 Å². The third kappa shape index (κ3) is 1.50. The molecule has 0 aromatic heterocycles. The molecule has 1 aliphatic rings. The monoisotopic (exact) mass is 191 g/mol. The first kappa shape index (κ1) is 9.53. The van der Waals surface area contributed by atoms with Crippen LogP contribution in [0.2, 0.25) is 0 Å². The normalized spacial score (nSPS) is 26.9. The number of rotatable bonds is 0. The third-order valence-electron chi connectivity index (χ3n) is 3.05. The van der Waals surface area contributed by atoms with E-state index in [-0.39, 0.29) is 0 Å². The van der Waals surface area contributed by atoms with Gasteiger partial charge in [-0.05, 0) is 25.8 Å². The summed E-state index contributed by atoms with van der Waals surface area (Å²) in [5, 5.41) is 10.3. The predicted octanol–water partition coefficient (Wildman–Crippen LogP) is 2.12. The van der Waals surface area contributed by atoms with Crippen LogP contribution < -0.4 is 4.90 Å². The highest BCUT2D eigenvalue weighted by molar-refractivity contribution is 5.56. The molecule has 2 heteroatoms. The lowest BCUT2D eigenvalue weighted by atomic mass is 9.91. The molecule has 0 bridgehead atoms. The summed E-state index contributed by atoms with van der Waals surface area (Å²) >= 11 is 0. The Kier molecular flexibility index (Phi) is 2.23. The van der Waals surface area contributed by atoms with E-state index >= 15 is 0 Å². The van der Waals surface area contributed by atoms with Crippen LogP contribution in [-0.2, 0) is 5.60 Å². The van der Waals surface area contributed by atoms with E-state index in [1.165, 1.54) is 0 Å². The lowest BCUT2D eigenvalue weighted by molar-refractivity contribution is 0.0489. The van der Waals surface area contributed by atoms with Crippen LogP contribution in [-0.4, -0.2) is 18.7 Å². The van der Waals surface area contributed by atoms with Crippen molar-refractivity contribution in [3.05, 3.63) is 29.8 Å². The highest BCUT2D eigenvalue weighted by atomic mass is 16.3. The number of aliphatic hydroxyl groups is 1. The summed E-state index contributed by atoms with van der Waals surface area (Å²) in [6.45, 7) is 2.93. The summed E-state index contributed by atoms with van der Waals surface area (Å²) in [7, 11) is 2.08. The van der Waals surface area contributed by atoms with E-state index in [1.807, 2.05) is 25.1 Å². The van der Waals surface area contributed by atoms with E-state index in [2.05, 4.69) is 18.0 Å². The summed E-state index contributed by atoms with van der Waals surface area (Å²) in [5.41, 5.74) is 1.55. The maximum atomic E-state index is 10.3. The Morgan fingerprint density at radius 2 is 2.07 bits per heavy atom. The molecule has 0 saturated carbocycles. The van der Waals surface area contributed by atoms with Crippen LogP contribution in [0.3, 0.4) is 0 Å². The first-order valence-corrected chi connectivity index (χ1v) is 5.14. The van der Waals surface area contributed by atoms with E-state index in [0.717, 1.165) is 30.6 Å². The van der Waals surface area contributed by atoms with Crippen molar-refractivity contribution in [1.29, 1.82) is 0 Å². The van der Waals surface area contributed by atoms with Crippen molar-refractivity contribution in [2.24, 2.45) is 0 Å². The summed E-state index contributed by atoms with van der Waals surface area (Å²) in [4.78, 5) is 2.22. The van der Waals surface area contributed by atoms with E-state index in [4.69, 9.17) is 0 Å². The van der Waals surface area contributed by atoms with Crippen LogP contribution in [0.4, 0.5) is 5.69 Å². The average molecular weight is 191 g/mol. The van der Waals surface area contributed by atoms with Gasteiger partial charge in [-0.1, -0.05) is 18.2 Å². The standard InChI is InChI=1S/C12H17NO/c1-12(14)8-5-9-13(2)11-7-4-3-6-10(11)12/h3-4,6-7,14H,5,8-9H2,1-2H3. The molecule has 1 aromatic carbocycles. The van der Waals surface area contributed by atoms with E-state index in [9.17, 15) is 5.11 Å². The molecule has 0 spiro atoms. The van der Waals surface area contributed by atoms with Gasteiger partial charge in [0.1, 0.15) is 0 Å². The molecule has 14 heavy (non-hydrogen) atoms. The fourth-order valence-electron chi connectivity index (χ4n) is 2.18. The second-order valence-corrected chi connectivity index (χ2v) is 4.32. The SMILES string of the molecule is CN1CCCC(C)(O)c2ccccc21. The fraction of sp³-hybridized carbons (Fsp3) is 0.500. The molecule has 0 amide bonds. The predicted molar refractivity (Wildman–Crippen MR) is 58.5 cm³/mol. The number of hydrogen-bond acceptors (Lipinski definition) is 2. The Morgan fingerprint density at radius 1 is 1.36 bits per heavy atom. The highest BCUT2D eigenvalue weighted by Gasteiger charge is 2.29. The Hall–Kier alpha value is -1.02. The summed E-state index contributed by atoms with van der Waals surface area (Å²) in [6.07, 6.45) is 1.88. The fourth-order valence-corrected chi connectivity index (χ4v) is 2.18. The maximum absolute atomic E-state index is 10.3. The summed E-state index contributed by atoms with van der Waals surface area (Å²) in [5.74, 6) is 0. The van der Waals surface area contributed by atoms with Crippen molar-refractivity contribution in [2.45, 2.75) is 25.4 Å². The number of para-hydroxylation sites is 1. The molecule has 0 radical (unpaired) electrons. The minimum absolute atomic E-state index is 0.665. The molecule has 0 saturated heterocycles. The van der Waals surface area contributed by atoms with Crippen LogP contribution in [0.5, 0.6) is 0 Å². The molecule has 0 fully saturated rings. The molecule has 1 aromatic rings. The van der Waals surface area contributed by atoms with Crippen LogP contribution in [0.15, 0.2) is 24.3 Å².